The minimum Gasteiger partial charge on any atom is -0.508 e. The quantitative estimate of drug-likeness (QED) is 0.829. The maximum atomic E-state index is 11.8. The van der Waals surface area contributed by atoms with Gasteiger partial charge < -0.3 is 10.4 Å². The first-order valence-electron chi connectivity index (χ1n) is 5.18. The van der Waals surface area contributed by atoms with Gasteiger partial charge in [0.2, 0.25) is 0 Å². The minimum atomic E-state index is -0.212. The highest BCUT2D eigenvalue weighted by Gasteiger charge is 2.05. The molecule has 0 radical (unpaired) electrons. The second-order valence-corrected chi connectivity index (χ2v) is 3.69. The summed E-state index contributed by atoms with van der Waals surface area (Å²) in [5.41, 5.74) is 2.04. The lowest BCUT2D eigenvalue weighted by atomic mass is 10.2. The number of aromatic nitrogens is 1. The number of phenolic OH excluding ortho intramolecular Hbond substituents is 1. The van der Waals surface area contributed by atoms with Crippen molar-refractivity contribution in [2.45, 2.75) is 6.92 Å². The van der Waals surface area contributed by atoms with Gasteiger partial charge in [0.1, 0.15) is 5.75 Å². The van der Waals surface area contributed by atoms with Crippen LogP contribution in [0.5, 0.6) is 5.75 Å². The van der Waals surface area contributed by atoms with E-state index in [1.807, 2.05) is 6.92 Å². The molecular formula is C13H12N2O2. The van der Waals surface area contributed by atoms with Gasteiger partial charge in [-0.2, -0.15) is 0 Å². The van der Waals surface area contributed by atoms with Crippen molar-refractivity contribution in [2.75, 3.05) is 5.32 Å². The predicted octanol–water partition coefficient (Wildman–Crippen LogP) is 2.35. The number of rotatable bonds is 2. The zero-order chi connectivity index (χ0) is 12.3. The molecule has 0 saturated carbocycles. The highest BCUT2D eigenvalue weighted by Crippen LogP contribution is 2.12. The highest BCUT2D eigenvalue weighted by atomic mass is 16.3. The number of aromatic hydroxyl groups is 1. The number of pyridine rings is 1. The Hall–Kier alpha value is -2.36. The van der Waals surface area contributed by atoms with Crippen LogP contribution in [0.25, 0.3) is 0 Å². The van der Waals surface area contributed by atoms with Crippen molar-refractivity contribution >= 4 is 11.6 Å². The van der Waals surface area contributed by atoms with E-state index in [1.54, 1.807) is 30.5 Å². The fraction of sp³-hybridized carbons (Fsp3) is 0.0769. The average molecular weight is 228 g/mol. The summed E-state index contributed by atoms with van der Waals surface area (Å²) in [6.07, 6.45) is 1.64. The second-order valence-electron chi connectivity index (χ2n) is 3.69. The SMILES string of the molecule is Cc1cc(NC(=O)c2ccc(O)cc2)ccn1. The molecule has 0 bridgehead atoms. The van der Waals surface area contributed by atoms with Crippen molar-refractivity contribution in [1.29, 1.82) is 0 Å². The number of nitrogens with zero attached hydrogens (tertiary/aromatic N) is 1. The Morgan fingerprint density at radius 1 is 1.24 bits per heavy atom. The van der Waals surface area contributed by atoms with Gasteiger partial charge in [-0.05, 0) is 43.3 Å². The van der Waals surface area contributed by atoms with Crippen LogP contribution in [-0.4, -0.2) is 16.0 Å². The minimum absolute atomic E-state index is 0.140. The zero-order valence-electron chi connectivity index (χ0n) is 9.34. The lowest BCUT2D eigenvalue weighted by molar-refractivity contribution is 0.102. The molecule has 2 rings (SSSR count). The lowest BCUT2D eigenvalue weighted by Gasteiger charge is -2.05. The number of anilines is 1. The molecule has 0 saturated heterocycles. The van der Waals surface area contributed by atoms with Crippen LogP contribution in [0.1, 0.15) is 16.1 Å². The first-order chi connectivity index (χ1) is 8.15. The van der Waals surface area contributed by atoms with Gasteiger partial charge in [0.15, 0.2) is 0 Å². The van der Waals surface area contributed by atoms with Gasteiger partial charge in [-0.15, -0.1) is 0 Å². The number of carbonyl (C=O) groups excluding carboxylic acids is 1. The van der Waals surface area contributed by atoms with Crippen molar-refractivity contribution in [3.05, 3.63) is 53.9 Å². The Bertz CT molecular complexity index is 535. The average Bonchev–Trinajstić information content (AvgIpc) is 2.29. The molecule has 0 unspecified atom stereocenters. The number of phenols is 1. The molecular weight excluding hydrogens is 216 g/mol. The summed E-state index contributed by atoms with van der Waals surface area (Å²) in [7, 11) is 0. The lowest BCUT2D eigenvalue weighted by Crippen LogP contribution is -2.11. The van der Waals surface area contributed by atoms with Gasteiger partial charge in [-0.25, -0.2) is 0 Å². The molecule has 4 nitrogen and oxygen atoms in total. The Morgan fingerprint density at radius 2 is 1.94 bits per heavy atom. The smallest absolute Gasteiger partial charge is 0.255 e. The van der Waals surface area contributed by atoms with Crippen LogP contribution in [0.15, 0.2) is 42.6 Å². The molecule has 1 amide bonds. The van der Waals surface area contributed by atoms with Crippen LogP contribution < -0.4 is 5.32 Å². The summed E-state index contributed by atoms with van der Waals surface area (Å²) in [4.78, 5) is 15.9. The third-order valence-corrected chi connectivity index (χ3v) is 2.28. The molecule has 0 aliphatic carbocycles. The third kappa shape index (κ3) is 2.81. The van der Waals surface area contributed by atoms with E-state index in [-0.39, 0.29) is 11.7 Å². The topological polar surface area (TPSA) is 62.2 Å². The predicted molar refractivity (Wildman–Crippen MR) is 65.0 cm³/mol. The summed E-state index contributed by atoms with van der Waals surface area (Å²) in [5.74, 6) is -0.0723. The summed E-state index contributed by atoms with van der Waals surface area (Å²) >= 11 is 0. The molecule has 2 N–H and O–H groups in total. The Kier molecular flexibility index (Phi) is 3.05. The van der Waals surface area contributed by atoms with Gasteiger partial charge in [0.05, 0.1) is 0 Å². The summed E-state index contributed by atoms with van der Waals surface area (Å²) in [5, 5.41) is 11.9. The Balaban J connectivity index is 2.14. The standard InChI is InChI=1S/C13H12N2O2/c1-9-8-11(6-7-14-9)15-13(17)10-2-4-12(16)5-3-10/h2-8,16H,1H3,(H,14,15,17). The van der Waals surface area contributed by atoms with Crippen molar-refractivity contribution in [3.8, 4) is 5.75 Å². The molecule has 0 fully saturated rings. The fourth-order valence-corrected chi connectivity index (χ4v) is 1.44. The van der Waals surface area contributed by atoms with Crippen molar-refractivity contribution in [3.63, 3.8) is 0 Å². The van der Waals surface area contributed by atoms with Crippen LogP contribution in [0.4, 0.5) is 5.69 Å². The number of carbonyl (C=O) groups is 1. The summed E-state index contributed by atoms with van der Waals surface area (Å²) < 4.78 is 0. The molecule has 0 spiro atoms. The normalized spacial score (nSPS) is 9.94. The number of hydrogen-bond acceptors (Lipinski definition) is 3. The number of hydrogen-bond donors (Lipinski definition) is 2. The molecule has 2 aromatic rings. The zero-order valence-corrected chi connectivity index (χ0v) is 9.34. The number of amides is 1. The first kappa shape index (κ1) is 11.1. The van der Waals surface area contributed by atoms with Crippen molar-refractivity contribution in [1.82, 2.24) is 4.98 Å². The van der Waals surface area contributed by atoms with E-state index in [2.05, 4.69) is 10.3 Å². The van der Waals surface area contributed by atoms with Crippen molar-refractivity contribution in [2.24, 2.45) is 0 Å². The van der Waals surface area contributed by atoms with Gasteiger partial charge in [-0.3, -0.25) is 9.78 Å². The van der Waals surface area contributed by atoms with Crippen LogP contribution in [-0.2, 0) is 0 Å². The first-order valence-corrected chi connectivity index (χ1v) is 5.18. The van der Waals surface area contributed by atoms with E-state index in [0.29, 0.717) is 11.3 Å². The number of benzene rings is 1. The molecule has 0 atom stereocenters. The Morgan fingerprint density at radius 3 is 2.59 bits per heavy atom. The molecule has 0 aliphatic rings. The van der Waals surface area contributed by atoms with E-state index in [9.17, 15) is 4.79 Å². The molecule has 0 aliphatic heterocycles. The van der Waals surface area contributed by atoms with E-state index >= 15 is 0 Å². The second kappa shape index (κ2) is 4.65. The number of nitrogens with one attached hydrogen (secondary N) is 1. The molecule has 17 heavy (non-hydrogen) atoms. The molecule has 4 heteroatoms. The van der Waals surface area contributed by atoms with Crippen LogP contribution in [0.2, 0.25) is 0 Å². The van der Waals surface area contributed by atoms with Crippen LogP contribution in [0.3, 0.4) is 0 Å². The van der Waals surface area contributed by atoms with Gasteiger partial charge in [0, 0.05) is 23.1 Å². The largest absolute Gasteiger partial charge is 0.508 e. The van der Waals surface area contributed by atoms with Gasteiger partial charge in [-0.1, -0.05) is 0 Å². The van der Waals surface area contributed by atoms with E-state index in [0.717, 1.165) is 5.69 Å². The molecule has 1 aromatic carbocycles. The van der Waals surface area contributed by atoms with E-state index in [1.165, 1.54) is 12.1 Å². The molecule has 1 heterocycles. The monoisotopic (exact) mass is 228 g/mol. The van der Waals surface area contributed by atoms with Gasteiger partial charge >= 0.3 is 0 Å². The van der Waals surface area contributed by atoms with Crippen LogP contribution in [0, 0.1) is 6.92 Å². The number of aryl methyl sites for hydroxylation is 1. The highest BCUT2D eigenvalue weighted by molar-refractivity contribution is 6.04. The summed E-state index contributed by atoms with van der Waals surface area (Å²) in [6, 6.07) is 9.61. The molecule has 86 valence electrons. The van der Waals surface area contributed by atoms with Crippen molar-refractivity contribution < 1.29 is 9.90 Å². The molecule has 1 aromatic heterocycles. The van der Waals surface area contributed by atoms with E-state index in [4.69, 9.17) is 5.11 Å². The van der Waals surface area contributed by atoms with E-state index < -0.39 is 0 Å². The maximum Gasteiger partial charge on any atom is 0.255 e. The van der Waals surface area contributed by atoms with Gasteiger partial charge in [0.25, 0.3) is 5.91 Å². The van der Waals surface area contributed by atoms with Crippen LogP contribution >= 0.6 is 0 Å². The summed E-state index contributed by atoms with van der Waals surface area (Å²) in [6.45, 7) is 1.86. The Labute approximate surface area is 98.9 Å². The third-order valence-electron chi connectivity index (χ3n) is 2.28. The maximum absolute atomic E-state index is 11.8. The fourth-order valence-electron chi connectivity index (χ4n) is 1.44.